The number of hydrogen-bond acceptors (Lipinski definition) is 1. The predicted molar refractivity (Wildman–Crippen MR) is 54.9 cm³/mol. The van der Waals surface area contributed by atoms with Gasteiger partial charge in [0.2, 0.25) is 0 Å². The van der Waals surface area contributed by atoms with Gasteiger partial charge in [0.25, 0.3) is 0 Å². The summed E-state index contributed by atoms with van der Waals surface area (Å²) in [5, 5.41) is 9.59. The van der Waals surface area contributed by atoms with Crippen LogP contribution in [0.15, 0.2) is 30.3 Å². The summed E-state index contributed by atoms with van der Waals surface area (Å²) in [6.07, 6.45) is -0.336. The Morgan fingerprint density at radius 3 is 2.27 bits per heavy atom. The van der Waals surface area contributed by atoms with Gasteiger partial charge >= 0.3 is 0 Å². The van der Waals surface area contributed by atoms with Gasteiger partial charge in [0.15, 0.2) is 0 Å². The van der Waals surface area contributed by atoms with E-state index in [1.54, 1.807) is 0 Å². The molecule has 0 heterocycles. The molecule has 0 amide bonds. The predicted octanol–water partition coefficient (Wildman–Crippen LogP) is 2.54. The lowest BCUT2D eigenvalue weighted by atomic mass is 10.1. The molecule has 0 saturated heterocycles. The Hall–Kier alpha value is -0.0900. The molecule has 1 N–H and O–H groups in total. The van der Waals surface area contributed by atoms with Crippen molar-refractivity contribution in [3.05, 3.63) is 35.9 Å². The van der Waals surface area contributed by atoms with Crippen molar-refractivity contribution in [2.45, 2.75) is 17.0 Å². The molecule has 0 aliphatic carbocycles. The molecule has 2 atom stereocenters. The zero-order chi connectivity index (χ0) is 8.27. The third kappa shape index (κ3) is 2.45. The average Bonchev–Trinajstić information content (AvgIpc) is 2.05. The van der Waals surface area contributed by atoms with E-state index in [-0.39, 0.29) is 10.0 Å². The topological polar surface area (TPSA) is 20.2 Å². The van der Waals surface area contributed by atoms with Gasteiger partial charge in [-0.1, -0.05) is 59.8 Å². The molecule has 1 aromatic carbocycles. The molecule has 0 fully saturated rings. The lowest BCUT2D eigenvalue weighted by Crippen LogP contribution is -2.06. The SMILES string of the molecule is CC(I)C(O)c1ccccc1. The first-order chi connectivity index (χ1) is 5.22. The summed E-state index contributed by atoms with van der Waals surface area (Å²) in [7, 11) is 0. The summed E-state index contributed by atoms with van der Waals surface area (Å²) >= 11 is 2.22. The van der Waals surface area contributed by atoms with Crippen LogP contribution in [0.3, 0.4) is 0 Å². The number of aliphatic hydroxyl groups excluding tert-OH is 1. The molecule has 11 heavy (non-hydrogen) atoms. The molecule has 1 aromatic rings. The van der Waals surface area contributed by atoms with Crippen molar-refractivity contribution in [3.8, 4) is 0 Å². The van der Waals surface area contributed by atoms with Crippen LogP contribution in [0.25, 0.3) is 0 Å². The molecule has 0 aliphatic heterocycles. The molecular weight excluding hydrogens is 251 g/mol. The monoisotopic (exact) mass is 262 g/mol. The Labute approximate surface area is 80.6 Å². The molecule has 60 valence electrons. The molecule has 1 rings (SSSR count). The van der Waals surface area contributed by atoms with Gasteiger partial charge in [-0.2, -0.15) is 0 Å². The molecule has 2 unspecified atom stereocenters. The number of alkyl halides is 1. The Balaban J connectivity index is 2.77. The van der Waals surface area contributed by atoms with E-state index in [9.17, 15) is 5.11 Å². The summed E-state index contributed by atoms with van der Waals surface area (Å²) < 4.78 is 0.259. The van der Waals surface area contributed by atoms with Crippen LogP contribution in [0, 0.1) is 0 Å². The number of benzene rings is 1. The van der Waals surface area contributed by atoms with Gasteiger partial charge in [-0.05, 0) is 5.56 Å². The molecule has 2 heteroatoms. The largest absolute Gasteiger partial charge is 0.387 e. The molecule has 0 spiro atoms. The Morgan fingerprint density at radius 1 is 1.27 bits per heavy atom. The summed E-state index contributed by atoms with van der Waals surface area (Å²) in [6.45, 7) is 2.00. The van der Waals surface area contributed by atoms with Crippen LogP contribution in [-0.2, 0) is 0 Å². The van der Waals surface area contributed by atoms with Crippen LogP contribution in [-0.4, -0.2) is 9.03 Å². The summed E-state index contributed by atoms with van der Waals surface area (Å²) in [5.41, 5.74) is 0.995. The van der Waals surface area contributed by atoms with Crippen LogP contribution < -0.4 is 0 Å². The molecule has 0 aromatic heterocycles. The fraction of sp³-hybridized carbons (Fsp3) is 0.333. The summed E-state index contributed by atoms with van der Waals surface area (Å²) in [5.74, 6) is 0. The van der Waals surface area contributed by atoms with E-state index in [4.69, 9.17) is 0 Å². The molecule has 1 nitrogen and oxygen atoms in total. The third-order valence-electron chi connectivity index (χ3n) is 1.58. The van der Waals surface area contributed by atoms with Crippen LogP contribution in [0.2, 0.25) is 0 Å². The molecule has 0 radical (unpaired) electrons. The maximum Gasteiger partial charge on any atom is 0.0904 e. The summed E-state index contributed by atoms with van der Waals surface area (Å²) in [6, 6.07) is 9.73. The highest BCUT2D eigenvalue weighted by Crippen LogP contribution is 2.21. The number of aliphatic hydroxyl groups is 1. The highest BCUT2D eigenvalue weighted by Gasteiger charge is 2.11. The van der Waals surface area contributed by atoms with Gasteiger partial charge in [0.1, 0.15) is 0 Å². The van der Waals surface area contributed by atoms with Crippen LogP contribution in [0.4, 0.5) is 0 Å². The van der Waals surface area contributed by atoms with Crippen molar-refractivity contribution in [2.24, 2.45) is 0 Å². The van der Waals surface area contributed by atoms with Crippen LogP contribution >= 0.6 is 22.6 Å². The zero-order valence-electron chi connectivity index (χ0n) is 6.37. The van der Waals surface area contributed by atoms with Crippen molar-refractivity contribution in [3.63, 3.8) is 0 Å². The number of hydrogen-bond donors (Lipinski definition) is 1. The first-order valence-corrected chi connectivity index (χ1v) is 4.83. The maximum absolute atomic E-state index is 9.59. The fourth-order valence-corrected chi connectivity index (χ4v) is 1.33. The van der Waals surface area contributed by atoms with Crippen LogP contribution in [0.1, 0.15) is 18.6 Å². The molecule has 0 aliphatic rings. The van der Waals surface area contributed by atoms with E-state index < -0.39 is 0 Å². The van der Waals surface area contributed by atoms with Gasteiger partial charge in [-0.15, -0.1) is 0 Å². The van der Waals surface area contributed by atoms with Gasteiger partial charge in [-0.25, -0.2) is 0 Å². The number of rotatable bonds is 2. The van der Waals surface area contributed by atoms with Gasteiger partial charge in [0, 0.05) is 3.92 Å². The van der Waals surface area contributed by atoms with E-state index in [0.29, 0.717) is 0 Å². The standard InChI is InChI=1S/C9H11IO/c1-7(10)9(11)8-5-3-2-4-6-8/h2-7,9,11H,1H3. The molecule has 0 saturated carbocycles. The van der Waals surface area contributed by atoms with E-state index in [1.165, 1.54) is 0 Å². The van der Waals surface area contributed by atoms with Crippen molar-refractivity contribution in [2.75, 3.05) is 0 Å². The van der Waals surface area contributed by atoms with Crippen molar-refractivity contribution in [1.82, 2.24) is 0 Å². The minimum absolute atomic E-state index is 0.259. The zero-order valence-corrected chi connectivity index (χ0v) is 8.52. The van der Waals surface area contributed by atoms with E-state index in [2.05, 4.69) is 22.6 Å². The second-order valence-electron chi connectivity index (χ2n) is 2.53. The van der Waals surface area contributed by atoms with Gasteiger partial charge in [0.05, 0.1) is 6.10 Å². The smallest absolute Gasteiger partial charge is 0.0904 e. The molecular formula is C9H11IO. The fourth-order valence-electron chi connectivity index (χ4n) is 0.915. The Kier molecular flexibility index (Phi) is 3.33. The highest BCUT2D eigenvalue weighted by molar-refractivity contribution is 14.1. The minimum Gasteiger partial charge on any atom is -0.387 e. The molecule has 0 bridgehead atoms. The van der Waals surface area contributed by atoms with Crippen molar-refractivity contribution in [1.29, 1.82) is 0 Å². The Bertz CT molecular complexity index is 208. The highest BCUT2D eigenvalue weighted by atomic mass is 127. The second kappa shape index (κ2) is 4.07. The van der Waals surface area contributed by atoms with E-state index in [1.807, 2.05) is 37.3 Å². The first-order valence-electron chi connectivity index (χ1n) is 3.59. The minimum atomic E-state index is -0.336. The number of halogens is 1. The first kappa shape index (κ1) is 9.00. The van der Waals surface area contributed by atoms with E-state index in [0.717, 1.165) is 5.56 Å². The van der Waals surface area contributed by atoms with Gasteiger partial charge in [-0.3, -0.25) is 0 Å². The maximum atomic E-state index is 9.59. The van der Waals surface area contributed by atoms with Crippen LogP contribution in [0.5, 0.6) is 0 Å². The lowest BCUT2D eigenvalue weighted by molar-refractivity contribution is 0.184. The average molecular weight is 262 g/mol. The summed E-state index contributed by atoms with van der Waals surface area (Å²) in [4.78, 5) is 0. The van der Waals surface area contributed by atoms with Gasteiger partial charge < -0.3 is 5.11 Å². The lowest BCUT2D eigenvalue weighted by Gasteiger charge is -2.12. The van der Waals surface area contributed by atoms with Crippen molar-refractivity contribution < 1.29 is 5.11 Å². The van der Waals surface area contributed by atoms with E-state index >= 15 is 0 Å². The third-order valence-corrected chi connectivity index (χ3v) is 2.26. The normalized spacial score (nSPS) is 15.9. The Morgan fingerprint density at radius 2 is 1.82 bits per heavy atom. The second-order valence-corrected chi connectivity index (χ2v) is 4.50. The quantitative estimate of drug-likeness (QED) is 0.641. The van der Waals surface area contributed by atoms with Crippen molar-refractivity contribution >= 4 is 22.6 Å².